The predicted molar refractivity (Wildman–Crippen MR) is 157 cm³/mol. The molecular formula is C31H32F2N4O5S. The molecule has 226 valence electrons. The number of aryl methyl sites for hydroxylation is 1. The molecule has 1 N–H and O–H groups in total. The zero-order chi connectivity index (χ0) is 30.2. The van der Waals surface area contributed by atoms with Gasteiger partial charge in [-0.05, 0) is 73.8 Å². The standard InChI is InChI=1S/C31H32F2N4O5S/c1-36-25(38)7-2-18-13-20(16-34-29(18)36)23-6-3-21(32)15-24(23)27-28(33)43-31(35-27)37(22-4-5-22)30(41)19(14-26(39)40)12-17-8-10-42-11-9-17/h3,6,13,15-17,19,22H,2,4-5,7-12,14H2,1H3,(H,39,40)/t19-/m1/s1. The number of pyridine rings is 1. The molecule has 1 saturated heterocycles. The lowest BCUT2D eigenvalue weighted by Gasteiger charge is -2.29. The van der Waals surface area contributed by atoms with Crippen molar-refractivity contribution in [1.82, 2.24) is 9.97 Å². The van der Waals surface area contributed by atoms with Crippen LogP contribution >= 0.6 is 11.3 Å². The van der Waals surface area contributed by atoms with Crippen LogP contribution < -0.4 is 9.80 Å². The van der Waals surface area contributed by atoms with E-state index in [2.05, 4.69) is 9.97 Å². The molecule has 0 unspecified atom stereocenters. The summed E-state index contributed by atoms with van der Waals surface area (Å²) >= 11 is 0.707. The number of benzene rings is 1. The number of ether oxygens (including phenoxy) is 1. The molecule has 1 aliphatic carbocycles. The van der Waals surface area contributed by atoms with E-state index in [9.17, 15) is 23.9 Å². The quantitative estimate of drug-likeness (QED) is 0.342. The van der Waals surface area contributed by atoms with E-state index in [0.717, 1.165) is 18.4 Å². The summed E-state index contributed by atoms with van der Waals surface area (Å²) in [5, 5.41) is 9.07. The number of hydrogen-bond acceptors (Lipinski definition) is 7. The number of fused-ring (bicyclic) bond motifs is 1. The molecule has 43 heavy (non-hydrogen) atoms. The van der Waals surface area contributed by atoms with Crippen LogP contribution in [0.5, 0.6) is 0 Å². The van der Waals surface area contributed by atoms with Crippen molar-refractivity contribution in [1.29, 1.82) is 0 Å². The van der Waals surface area contributed by atoms with Crippen molar-refractivity contribution in [2.24, 2.45) is 11.8 Å². The third-order valence-corrected chi connectivity index (χ3v) is 9.29. The number of hydrogen-bond donors (Lipinski definition) is 1. The van der Waals surface area contributed by atoms with Crippen LogP contribution in [-0.2, 0) is 25.5 Å². The molecule has 12 heteroatoms. The van der Waals surface area contributed by atoms with Gasteiger partial charge in [-0.2, -0.15) is 4.39 Å². The van der Waals surface area contributed by atoms with E-state index in [1.807, 2.05) is 6.07 Å². The highest BCUT2D eigenvalue weighted by atomic mass is 32.1. The minimum Gasteiger partial charge on any atom is -0.481 e. The number of rotatable bonds is 9. The first-order valence-corrected chi connectivity index (χ1v) is 15.4. The number of anilines is 2. The fourth-order valence-corrected chi connectivity index (χ4v) is 6.90. The molecule has 9 nitrogen and oxygen atoms in total. The molecule has 1 aromatic carbocycles. The van der Waals surface area contributed by atoms with Gasteiger partial charge < -0.3 is 9.84 Å². The SMILES string of the molecule is CN1C(=O)CCc2cc(-c3ccc(F)cc3-c3nc(N(C(=O)[C@@H](CC(=O)O)CC4CCOCC4)C4CC4)sc3F)cnc21. The number of carbonyl (C=O) groups excluding carboxylic acids is 2. The number of aliphatic carboxylic acids is 1. The number of aromatic nitrogens is 2. The molecule has 4 heterocycles. The highest BCUT2D eigenvalue weighted by Gasteiger charge is 2.40. The van der Waals surface area contributed by atoms with Gasteiger partial charge in [0.2, 0.25) is 16.9 Å². The van der Waals surface area contributed by atoms with E-state index in [1.165, 1.54) is 21.9 Å². The molecule has 2 aromatic heterocycles. The lowest BCUT2D eigenvalue weighted by molar-refractivity contribution is -0.141. The Bertz CT molecular complexity index is 1570. The molecule has 2 fully saturated rings. The van der Waals surface area contributed by atoms with E-state index in [4.69, 9.17) is 4.74 Å². The summed E-state index contributed by atoms with van der Waals surface area (Å²) < 4.78 is 35.7. The number of carboxylic acids is 1. The Balaban J connectivity index is 1.34. The zero-order valence-electron chi connectivity index (χ0n) is 23.7. The zero-order valence-corrected chi connectivity index (χ0v) is 24.5. The Morgan fingerprint density at radius 1 is 1.14 bits per heavy atom. The molecule has 2 aliphatic heterocycles. The molecule has 6 rings (SSSR count). The van der Waals surface area contributed by atoms with Crippen molar-refractivity contribution in [3.05, 3.63) is 47.0 Å². The number of thiazole rings is 1. The van der Waals surface area contributed by atoms with Gasteiger partial charge in [0.05, 0.1) is 6.42 Å². The first kappa shape index (κ1) is 29.3. The summed E-state index contributed by atoms with van der Waals surface area (Å²) in [5.41, 5.74) is 2.12. The predicted octanol–water partition coefficient (Wildman–Crippen LogP) is 5.46. The second-order valence-corrected chi connectivity index (χ2v) is 12.4. The largest absolute Gasteiger partial charge is 0.481 e. The molecule has 0 radical (unpaired) electrons. The van der Waals surface area contributed by atoms with Gasteiger partial charge >= 0.3 is 5.97 Å². The third kappa shape index (κ3) is 6.16. The summed E-state index contributed by atoms with van der Waals surface area (Å²) in [6, 6.07) is 5.73. The second kappa shape index (κ2) is 12.1. The van der Waals surface area contributed by atoms with Crippen LogP contribution in [0.2, 0.25) is 0 Å². The number of amides is 2. The summed E-state index contributed by atoms with van der Waals surface area (Å²) in [6.07, 6.45) is 5.46. The van der Waals surface area contributed by atoms with Crippen molar-refractivity contribution >= 4 is 40.1 Å². The fraction of sp³-hybridized carbons (Fsp3) is 0.452. The molecule has 1 saturated carbocycles. The van der Waals surface area contributed by atoms with Crippen LogP contribution in [0.1, 0.15) is 50.5 Å². The molecule has 1 atom stereocenters. The minimum absolute atomic E-state index is 0.0274. The van der Waals surface area contributed by atoms with Gasteiger partial charge in [0.25, 0.3) is 0 Å². The van der Waals surface area contributed by atoms with Crippen molar-refractivity contribution < 1.29 is 33.0 Å². The first-order valence-electron chi connectivity index (χ1n) is 14.5. The van der Waals surface area contributed by atoms with Gasteiger partial charge in [0, 0.05) is 56.0 Å². The van der Waals surface area contributed by atoms with E-state index in [-0.39, 0.29) is 46.6 Å². The number of carboxylic acid groups (broad SMARTS) is 1. The molecule has 0 bridgehead atoms. The molecule has 3 aromatic rings. The van der Waals surface area contributed by atoms with Crippen LogP contribution in [0, 0.1) is 22.8 Å². The van der Waals surface area contributed by atoms with Crippen LogP contribution in [0.4, 0.5) is 19.7 Å². The third-order valence-electron chi connectivity index (χ3n) is 8.45. The van der Waals surface area contributed by atoms with Crippen molar-refractivity contribution in [3.63, 3.8) is 0 Å². The molecular weight excluding hydrogens is 578 g/mol. The van der Waals surface area contributed by atoms with Gasteiger partial charge in [-0.1, -0.05) is 17.4 Å². The van der Waals surface area contributed by atoms with E-state index in [1.54, 1.807) is 19.3 Å². The maximum absolute atomic E-state index is 15.7. The lowest BCUT2D eigenvalue weighted by Crippen LogP contribution is -2.40. The summed E-state index contributed by atoms with van der Waals surface area (Å²) in [6.45, 7) is 1.16. The summed E-state index contributed by atoms with van der Waals surface area (Å²) in [4.78, 5) is 49.8. The highest BCUT2D eigenvalue weighted by molar-refractivity contribution is 7.14. The van der Waals surface area contributed by atoms with Gasteiger partial charge in [0.1, 0.15) is 17.3 Å². The van der Waals surface area contributed by atoms with Crippen LogP contribution in [0.3, 0.4) is 0 Å². The molecule has 0 spiro atoms. The summed E-state index contributed by atoms with van der Waals surface area (Å²) in [5.74, 6) is -2.07. The van der Waals surface area contributed by atoms with Crippen molar-refractivity contribution in [3.8, 4) is 22.4 Å². The topological polar surface area (TPSA) is 113 Å². The monoisotopic (exact) mass is 610 g/mol. The molecule has 2 amide bonds. The Kier molecular flexibility index (Phi) is 8.23. The Morgan fingerprint density at radius 2 is 1.91 bits per heavy atom. The highest BCUT2D eigenvalue weighted by Crippen LogP contribution is 2.42. The fourth-order valence-electron chi connectivity index (χ4n) is 6.01. The second-order valence-electron chi connectivity index (χ2n) is 11.5. The van der Waals surface area contributed by atoms with Gasteiger partial charge in [-0.3, -0.25) is 24.2 Å². The average Bonchev–Trinajstić information content (AvgIpc) is 3.75. The van der Waals surface area contributed by atoms with Crippen LogP contribution in [0.15, 0.2) is 30.5 Å². The normalized spacial score (nSPS) is 17.9. The Hall–Kier alpha value is -3.77. The Morgan fingerprint density at radius 3 is 2.63 bits per heavy atom. The number of nitrogens with zero attached hydrogens (tertiary/aromatic N) is 4. The van der Waals surface area contributed by atoms with Crippen LogP contribution in [0.25, 0.3) is 22.4 Å². The first-order chi connectivity index (χ1) is 20.7. The van der Waals surface area contributed by atoms with E-state index >= 15 is 4.39 Å². The molecule has 3 aliphatic rings. The van der Waals surface area contributed by atoms with Gasteiger partial charge in [-0.25, -0.2) is 14.4 Å². The Labute approximate surface area is 251 Å². The van der Waals surface area contributed by atoms with Crippen molar-refractivity contribution in [2.45, 2.75) is 57.4 Å². The smallest absolute Gasteiger partial charge is 0.304 e. The van der Waals surface area contributed by atoms with Crippen molar-refractivity contribution in [2.75, 3.05) is 30.1 Å². The lowest BCUT2D eigenvalue weighted by atomic mass is 9.86. The van der Waals surface area contributed by atoms with Crippen LogP contribution in [-0.4, -0.2) is 59.2 Å². The summed E-state index contributed by atoms with van der Waals surface area (Å²) in [7, 11) is 1.67. The maximum Gasteiger partial charge on any atom is 0.304 e. The maximum atomic E-state index is 15.7. The van der Waals surface area contributed by atoms with Gasteiger partial charge in [0.15, 0.2) is 5.13 Å². The van der Waals surface area contributed by atoms with E-state index < -0.39 is 22.8 Å². The average molecular weight is 611 g/mol. The number of halogens is 2. The van der Waals surface area contributed by atoms with Gasteiger partial charge in [-0.15, -0.1) is 0 Å². The minimum atomic E-state index is -1.06. The van der Waals surface area contributed by atoms with E-state index in [0.29, 0.717) is 73.6 Å². The number of carbonyl (C=O) groups is 3.